The first kappa shape index (κ1) is 22.1. The van der Waals surface area contributed by atoms with E-state index in [0.29, 0.717) is 38.1 Å². The van der Waals surface area contributed by atoms with Crippen molar-refractivity contribution in [3.63, 3.8) is 0 Å². The molecule has 172 valence electrons. The topological polar surface area (TPSA) is 98.7 Å². The number of aromatic amines is 1. The smallest absolute Gasteiger partial charge is 0.273 e. The summed E-state index contributed by atoms with van der Waals surface area (Å²) in [6.45, 7) is 0.232. The molecule has 2 heterocycles. The van der Waals surface area contributed by atoms with Gasteiger partial charge in [0.05, 0.1) is 13.2 Å². The van der Waals surface area contributed by atoms with E-state index in [0.717, 1.165) is 5.56 Å². The molecule has 1 unspecified atom stereocenters. The van der Waals surface area contributed by atoms with Crippen molar-refractivity contribution < 1.29 is 19.7 Å². The molecule has 4 aromatic rings. The summed E-state index contributed by atoms with van der Waals surface area (Å²) >= 11 is 12.6. The van der Waals surface area contributed by atoms with E-state index >= 15 is 0 Å². The molecule has 1 aliphatic rings. The molecular formula is C25H19Cl2N3O4. The highest BCUT2D eigenvalue weighted by Gasteiger charge is 2.43. The average molecular weight is 496 g/mol. The van der Waals surface area contributed by atoms with E-state index in [1.807, 2.05) is 18.2 Å². The first-order valence-corrected chi connectivity index (χ1v) is 11.1. The zero-order valence-corrected chi connectivity index (χ0v) is 19.4. The highest BCUT2D eigenvalue weighted by atomic mass is 35.5. The first-order chi connectivity index (χ1) is 16.4. The van der Waals surface area contributed by atoms with Gasteiger partial charge in [-0.1, -0.05) is 47.5 Å². The molecule has 0 saturated carbocycles. The number of aromatic hydroxyl groups is 2. The molecule has 0 saturated heterocycles. The largest absolute Gasteiger partial charge is 0.507 e. The van der Waals surface area contributed by atoms with E-state index in [4.69, 9.17) is 27.9 Å². The molecule has 1 atom stereocenters. The monoisotopic (exact) mass is 495 g/mol. The number of rotatable bonds is 5. The van der Waals surface area contributed by atoms with Gasteiger partial charge < -0.3 is 19.8 Å². The summed E-state index contributed by atoms with van der Waals surface area (Å²) in [6.07, 6.45) is 0. The third-order valence-corrected chi connectivity index (χ3v) is 6.50. The van der Waals surface area contributed by atoms with Gasteiger partial charge in [-0.15, -0.1) is 0 Å². The van der Waals surface area contributed by atoms with Crippen LogP contribution in [0.3, 0.4) is 0 Å². The number of nitrogens with zero attached hydrogens (tertiary/aromatic N) is 2. The number of hydrogen-bond donors (Lipinski definition) is 3. The van der Waals surface area contributed by atoms with Crippen molar-refractivity contribution in [2.75, 3.05) is 7.11 Å². The molecule has 0 bridgehead atoms. The molecule has 0 radical (unpaired) electrons. The summed E-state index contributed by atoms with van der Waals surface area (Å²) in [5.41, 5.74) is 3.16. The zero-order chi connectivity index (χ0) is 24.0. The van der Waals surface area contributed by atoms with Gasteiger partial charge in [-0.3, -0.25) is 9.89 Å². The number of amides is 1. The molecule has 34 heavy (non-hydrogen) atoms. The number of carbonyl (C=O) groups excluding carboxylic acids is 1. The van der Waals surface area contributed by atoms with Crippen LogP contribution in [-0.2, 0) is 6.54 Å². The molecule has 1 amide bonds. The van der Waals surface area contributed by atoms with Crippen molar-refractivity contribution in [3.8, 4) is 28.5 Å². The van der Waals surface area contributed by atoms with Gasteiger partial charge >= 0.3 is 0 Å². The minimum Gasteiger partial charge on any atom is -0.507 e. The Balaban J connectivity index is 1.71. The Kier molecular flexibility index (Phi) is 5.59. The lowest BCUT2D eigenvalue weighted by atomic mass is 9.95. The van der Waals surface area contributed by atoms with Gasteiger partial charge in [0, 0.05) is 27.7 Å². The highest BCUT2D eigenvalue weighted by Crippen LogP contribution is 2.46. The van der Waals surface area contributed by atoms with Crippen LogP contribution in [0, 0.1) is 0 Å². The predicted octanol–water partition coefficient (Wildman–Crippen LogP) is 5.55. The van der Waals surface area contributed by atoms with Crippen LogP contribution in [0.25, 0.3) is 11.3 Å². The Bertz CT molecular complexity index is 1420. The van der Waals surface area contributed by atoms with Crippen LogP contribution in [-0.4, -0.2) is 38.3 Å². The second-order valence-electron chi connectivity index (χ2n) is 7.88. The number of benzene rings is 3. The molecule has 1 aromatic heterocycles. The number of aromatic nitrogens is 2. The molecule has 7 nitrogen and oxygen atoms in total. The lowest BCUT2D eigenvalue weighted by Crippen LogP contribution is -2.29. The molecule has 5 rings (SSSR count). The van der Waals surface area contributed by atoms with E-state index in [1.165, 1.54) is 19.2 Å². The number of carbonyl (C=O) groups is 1. The Morgan fingerprint density at radius 3 is 2.59 bits per heavy atom. The Morgan fingerprint density at radius 2 is 1.82 bits per heavy atom. The van der Waals surface area contributed by atoms with Crippen molar-refractivity contribution >= 4 is 29.1 Å². The van der Waals surface area contributed by atoms with E-state index in [1.54, 1.807) is 35.2 Å². The maximum absolute atomic E-state index is 13.6. The number of fused-ring (bicyclic) bond motifs is 1. The molecule has 0 spiro atoms. The number of halogens is 2. The fourth-order valence-electron chi connectivity index (χ4n) is 4.28. The van der Waals surface area contributed by atoms with Gasteiger partial charge in [0.1, 0.15) is 17.1 Å². The van der Waals surface area contributed by atoms with Crippen LogP contribution in [0.2, 0.25) is 10.0 Å². The summed E-state index contributed by atoms with van der Waals surface area (Å²) in [5.74, 6) is -0.0370. The number of ether oxygens (including phenoxy) is 1. The van der Waals surface area contributed by atoms with Gasteiger partial charge in [0.15, 0.2) is 11.5 Å². The number of hydrogen-bond acceptors (Lipinski definition) is 5. The summed E-state index contributed by atoms with van der Waals surface area (Å²) in [7, 11) is 1.46. The summed E-state index contributed by atoms with van der Waals surface area (Å²) in [4.78, 5) is 15.2. The molecule has 3 aromatic carbocycles. The van der Waals surface area contributed by atoms with Crippen LogP contribution < -0.4 is 4.74 Å². The average Bonchev–Trinajstić information content (AvgIpc) is 3.36. The third-order valence-electron chi connectivity index (χ3n) is 5.90. The summed E-state index contributed by atoms with van der Waals surface area (Å²) in [6, 6.07) is 16.3. The van der Waals surface area contributed by atoms with Gasteiger partial charge in [-0.25, -0.2) is 0 Å². The maximum atomic E-state index is 13.6. The van der Waals surface area contributed by atoms with E-state index < -0.39 is 6.04 Å². The van der Waals surface area contributed by atoms with Crippen molar-refractivity contribution in [1.29, 1.82) is 0 Å². The minimum atomic E-state index is -0.597. The van der Waals surface area contributed by atoms with Gasteiger partial charge in [-0.05, 0) is 47.5 Å². The molecule has 3 N–H and O–H groups in total. The second-order valence-corrected chi connectivity index (χ2v) is 8.72. The van der Waals surface area contributed by atoms with E-state index in [2.05, 4.69) is 10.2 Å². The SMILES string of the molecule is COc1cc(C2c3c(-c4cc(Cl)ccc4O)n[nH]c3C(=O)N2Cc2ccccc2Cl)ccc1O. The Hall–Kier alpha value is -3.68. The lowest BCUT2D eigenvalue weighted by molar-refractivity contribution is 0.0730. The predicted molar refractivity (Wildman–Crippen MR) is 129 cm³/mol. The highest BCUT2D eigenvalue weighted by molar-refractivity contribution is 6.31. The van der Waals surface area contributed by atoms with Gasteiger partial charge in [-0.2, -0.15) is 5.10 Å². The van der Waals surface area contributed by atoms with Crippen LogP contribution in [0.15, 0.2) is 60.7 Å². The molecule has 1 aliphatic heterocycles. The van der Waals surface area contributed by atoms with Crippen molar-refractivity contribution in [2.45, 2.75) is 12.6 Å². The number of phenolic OH excluding ortho intramolecular Hbond substituents is 2. The fourth-order valence-corrected chi connectivity index (χ4v) is 4.65. The van der Waals surface area contributed by atoms with Crippen molar-refractivity contribution in [1.82, 2.24) is 15.1 Å². The van der Waals surface area contributed by atoms with Crippen molar-refractivity contribution in [2.24, 2.45) is 0 Å². The van der Waals surface area contributed by atoms with E-state index in [9.17, 15) is 15.0 Å². The summed E-state index contributed by atoms with van der Waals surface area (Å²) in [5, 5.41) is 28.8. The molecular weight excluding hydrogens is 477 g/mol. The Morgan fingerprint density at radius 1 is 1.06 bits per heavy atom. The number of H-pyrrole nitrogens is 1. The Labute approximate surface area is 205 Å². The second kappa shape index (κ2) is 8.59. The molecule has 0 fully saturated rings. The fraction of sp³-hybridized carbons (Fsp3) is 0.120. The number of nitrogens with one attached hydrogen (secondary N) is 1. The summed E-state index contributed by atoms with van der Waals surface area (Å²) < 4.78 is 5.31. The standard InChI is InChI=1S/C25H19Cl2N3O4/c1-34-20-10-13(6-8-19(20)32)24-21-22(16-11-15(26)7-9-18(16)31)28-29-23(21)25(33)30(24)12-14-4-2-3-5-17(14)27/h2-11,24,31-32H,12H2,1H3,(H,28,29). The van der Waals surface area contributed by atoms with Crippen molar-refractivity contribution in [3.05, 3.63) is 93.1 Å². The maximum Gasteiger partial charge on any atom is 0.273 e. The van der Waals surface area contributed by atoms with Crippen LogP contribution >= 0.6 is 23.2 Å². The number of methoxy groups -OCH3 is 1. The van der Waals surface area contributed by atoms with E-state index in [-0.39, 0.29) is 29.7 Å². The molecule has 0 aliphatic carbocycles. The quantitative estimate of drug-likeness (QED) is 0.337. The first-order valence-electron chi connectivity index (χ1n) is 10.4. The van der Waals surface area contributed by atoms with Crippen LogP contribution in [0.5, 0.6) is 17.2 Å². The third kappa shape index (κ3) is 3.63. The lowest BCUT2D eigenvalue weighted by Gasteiger charge is -2.27. The van der Waals surface area contributed by atoms with Crippen LogP contribution in [0.1, 0.15) is 33.2 Å². The zero-order valence-electron chi connectivity index (χ0n) is 17.9. The minimum absolute atomic E-state index is 0.0160. The van der Waals surface area contributed by atoms with Gasteiger partial charge in [0.2, 0.25) is 0 Å². The molecule has 9 heteroatoms. The van der Waals surface area contributed by atoms with Crippen LogP contribution in [0.4, 0.5) is 0 Å². The normalized spacial score (nSPS) is 15.0. The van der Waals surface area contributed by atoms with Gasteiger partial charge in [0.25, 0.3) is 5.91 Å². The number of phenols is 2.